The Morgan fingerprint density at radius 1 is 1.11 bits per heavy atom. The number of imide groups is 1. The van der Waals surface area contributed by atoms with Crippen LogP contribution in [0.15, 0.2) is 46.3 Å². The number of nitrogens with one attached hydrogen (secondary N) is 2. The Balaban J connectivity index is 1.98. The summed E-state index contributed by atoms with van der Waals surface area (Å²) in [6, 6.07) is 10.0. The highest BCUT2D eigenvalue weighted by molar-refractivity contribution is 9.10. The first-order chi connectivity index (χ1) is 8.66. The van der Waals surface area contributed by atoms with E-state index in [9.17, 15) is 9.59 Å². The molecule has 2 N–H and O–H groups in total. The van der Waals surface area contributed by atoms with E-state index < -0.39 is 11.9 Å². The summed E-state index contributed by atoms with van der Waals surface area (Å²) in [7, 11) is 0. The van der Waals surface area contributed by atoms with Gasteiger partial charge < -0.3 is 5.32 Å². The Morgan fingerprint density at radius 3 is 2.56 bits per heavy atom. The number of carbonyl (C=O) groups excluding carboxylic acids is 2. The van der Waals surface area contributed by atoms with Crippen LogP contribution in [0.5, 0.6) is 0 Å². The molecule has 0 saturated carbocycles. The van der Waals surface area contributed by atoms with E-state index in [1.54, 1.807) is 35.7 Å². The van der Waals surface area contributed by atoms with E-state index in [2.05, 4.69) is 26.6 Å². The second kappa shape index (κ2) is 5.79. The number of halogens is 1. The van der Waals surface area contributed by atoms with Crippen molar-refractivity contribution in [1.82, 2.24) is 5.32 Å². The van der Waals surface area contributed by atoms with Crippen LogP contribution in [0.4, 0.5) is 10.5 Å². The number of thiophene rings is 1. The van der Waals surface area contributed by atoms with Crippen molar-refractivity contribution in [2.45, 2.75) is 0 Å². The van der Waals surface area contributed by atoms with E-state index in [0.29, 0.717) is 10.6 Å². The van der Waals surface area contributed by atoms with Crippen LogP contribution in [0.3, 0.4) is 0 Å². The molecule has 0 aliphatic rings. The van der Waals surface area contributed by atoms with Gasteiger partial charge in [0.2, 0.25) is 0 Å². The van der Waals surface area contributed by atoms with Crippen molar-refractivity contribution in [3.05, 3.63) is 51.1 Å². The zero-order chi connectivity index (χ0) is 13.0. The van der Waals surface area contributed by atoms with E-state index in [1.807, 2.05) is 6.07 Å². The van der Waals surface area contributed by atoms with Crippen LogP contribution in [0, 0.1) is 0 Å². The van der Waals surface area contributed by atoms with E-state index in [0.717, 1.165) is 4.47 Å². The second-order valence-electron chi connectivity index (χ2n) is 3.37. The first kappa shape index (κ1) is 12.8. The summed E-state index contributed by atoms with van der Waals surface area (Å²) in [4.78, 5) is 23.7. The Labute approximate surface area is 116 Å². The highest BCUT2D eigenvalue weighted by Gasteiger charge is 2.11. The number of rotatable bonds is 2. The third kappa shape index (κ3) is 3.18. The normalized spacial score (nSPS) is 9.83. The molecule has 0 spiro atoms. The summed E-state index contributed by atoms with van der Waals surface area (Å²) >= 11 is 4.59. The van der Waals surface area contributed by atoms with Crippen LogP contribution >= 0.6 is 27.3 Å². The molecule has 1 aromatic heterocycles. The van der Waals surface area contributed by atoms with Gasteiger partial charge in [-0.05, 0) is 39.5 Å². The fourth-order valence-electron chi connectivity index (χ4n) is 1.29. The minimum Gasteiger partial charge on any atom is -0.307 e. The molecule has 2 aromatic rings. The third-order valence-corrected chi connectivity index (χ3v) is 3.65. The van der Waals surface area contributed by atoms with Crippen LogP contribution in [0.2, 0.25) is 0 Å². The number of anilines is 1. The molecule has 1 aromatic carbocycles. The molecular weight excluding hydrogens is 316 g/mol. The largest absolute Gasteiger partial charge is 0.326 e. The number of hydrogen-bond donors (Lipinski definition) is 2. The lowest BCUT2D eigenvalue weighted by Crippen LogP contribution is -2.33. The van der Waals surface area contributed by atoms with Gasteiger partial charge in [-0.2, -0.15) is 0 Å². The molecule has 0 radical (unpaired) electrons. The minimum atomic E-state index is -0.555. The van der Waals surface area contributed by atoms with Gasteiger partial charge in [-0.3, -0.25) is 10.1 Å². The number of benzene rings is 1. The van der Waals surface area contributed by atoms with Crippen molar-refractivity contribution in [3.8, 4) is 0 Å². The van der Waals surface area contributed by atoms with Gasteiger partial charge in [0, 0.05) is 4.47 Å². The lowest BCUT2D eigenvalue weighted by molar-refractivity contribution is 0.0971. The van der Waals surface area contributed by atoms with Gasteiger partial charge in [0.25, 0.3) is 5.91 Å². The highest BCUT2D eigenvalue weighted by atomic mass is 79.9. The summed E-state index contributed by atoms with van der Waals surface area (Å²) < 4.78 is 0.753. The molecule has 18 heavy (non-hydrogen) atoms. The predicted molar refractivity (Wildman–Crippen MR) is 74.9 cm³/mol. The fourth-order valence-corrected chi connectivity index (χ4v) is 2.29. The molecule has 1 heterocycles. The Morgan fingerprint density at radius 2 is 1.89 bits per heavy atom. The number of hydrogen-bond acceptors (Lipinski definition) is 3. The summed E-state index contributed by atoms with van der Waals surface area (Å²) in [6.07, 6.45) is 0. The van der Waals surface area contributed by atoms with E-state index in [-0.39, 0.29) is 0 Å². The maximum Gasteiger partial charge on any atom is 0.326 e. The first-order valence-corrected chi connectivity index (χ1v) is 6.74. The SMILES string of the molecule is O=C(NC(=O)c1cccs1)Nc1ccccc1Br. The zero-order valence-electron chi connectivity index (χ0n) is 9.14. The Kier molecular flexibility index (Phi) is 4.11. The van der Waals surface area contributed by atoms with Gasteiger partial charge >= 0.3 is 6.03 Å². The molecule has 0 saturated heterocycles. The summed E-state index contributed by atoms with van der Waals surface area (Å²) in [6.45, 7) is 0. The molecular formula is C12H9BrN2O2S. The van der Waals surface area contributed by atoms with Crippen LogP contribution in [0.25, 0.3) is 0 Å². The first-order valence-electron chi connectivity index (χ1n) is 5.07. The van der Waals surface area contributed by atoms with Crippen molar-refractivity contribution >= 4 is 44.9 Å². The van der Waals surface area contributed by atoms with Crippen LogP contribution < -0.4 is 10.6 Å². The lowest BCUT2D eigenvalue weighted by Gasteiger charge is -2.07. The van der Waals surface area contributed by atoms with Crippen LogP contribution in [0.1, 0.15) is 9.67 Å². The van der Waals surface area contributed by atoms with Gasteiger partial charge in [0.05, 0.1) is 10.6 Å². The molecule has 92 valence electrons. The van der Waals surface area contributed by atoms with Gasteiger partial charge in [0.1, 0.15) is 0 Å². The topological polar surface area (TPSA) is 58.2 Å². The van der Waals surface area contributed by atoms with Gasteiger partial charge in [-0.1, -0.05) is 18.2 Å². The van der Waals surface area contributed by atoms with E-state index in [1.165, 1.54) is 11.3 Å². The van der Waals surface area contributed by atoms with Crippen molar-refractivity contribution in [3.63, 3.8) is 0 Å². The standard InChI is InChI=1S/C12H9BrN2O2S/c13-8-4-1-2-5-9(8)14-12(17)15-11(16)10-6-3-7-18-10/h1-7H,(H2,14,15,16,17). The molecule has 0 fully saturated rings. The summed E-state index contributed by atoms with van der Waals surface area (Å²) in [5.41, 5.74) is 0.606. The van der Waals surface area contributed by atoms with Crippen molar-refractivity contribution in [2.24, 2.45) is 0 Å². The van der Waals surface area contributed by atoms with Crippen molar-refractivity contribution < 1.29 is 9.59 Å². The second-order valence-corrected chi connectivity index (χ2v) is 5.17. The zero-order valence-corrected chi connectivity index (χ0v) is 11.5. The lowest BCUT2D eigenvalue weighted by atomic mass is 10.3. The summed E-state index contributed by atoms with van der Waals surface area (Å²) in [5, 5.41) is 6.63. The molecule has 0 unspecified atom stereocenters. The quantitative estimate of drug-likeness (QED) is 0.888. The average Bonchev–Trinajstić information content (AvgIpc) is 2.85. The smallest absolute Gasteiger partial charge is 0.307 e. The van der Waals surface area contributed by atoms with Crippen LogP contribution in [-0.2, 0) is 0 Å². The number of amides is 3. The van der Waals surface area contributed by atoms with Crippen molar-refractivity contribution in [2.75, 3.05) is 5.32 Å². The molecule has 0 aliphatic carbocycles. The maximum absolute atomic E-state index is 11.6. The molecule has 0 atom stereocenters. The highest BCUT2D eigenvalue weighted by Crippen LogP contribution is 2.20. The molecule has 0 bridgehead atoms. The summed E-state index contributed by atoms with van der Waals surface area (Å²) in [5.74, 6) is -0.408. The van der Waals surface area contributed by atoms with E-state index >= 15 is 0 Å². The molecule has 3 amide bonds. The Hall–Kier alpha value is -1.66. The third-order valence-electron chi connectivity index (χ3n) is 2.09. The molecule has 6 heteroatoms. The predicted octanol–water partition coefficient (Wildman–Crippen LogP) is 3.47. The van der Waals surface area contributed by atoms with E-state index in [4.69, 9.17) is 0 Å². The minimum absolute atomic E-state index is 0.408. The van der Waals surface area contributed by atoms with Crippen molar-refractivity contribution in [1.29, 1.82) is 0 Å². The molecule has 4 nitrogen and oxygen atoms in total. The van der Waals surface area contributed by atoms with Crippen LogP contribution in [-0.4, -0.2) is 11.9 Å². The van der Waals surface area contributed by atoms with Gasteiger partial charge in [0.15, 0.2) is 0 Å². The fraction of sp³-hybridized carbons (Fsp3) is 0. The van der Waals surface area contributed by atoms with Gasteiger partial charge in [-0.15, -0.1) is 11.3 Å². The number of carbonyl (C=O) groups is 2. The maximum atomic E-state index is 11.6. The number of para-hydroxylation sites is 1. The number of urea groups is 1. The van der Waals surface area contributed by atoms with Gasteiger partial charge in [-0.25, -0.2) is 4.79 Å². The Bertz CT molecular complexity index is 569. The average molecular weight is 325 g/mol. The molecule has 0 aliphatic heterocycles. The molecule has 2 rings (SSSR count). The monoisotopic (exact) mass is 324 g/mol.